The lowest BCUT2D eigenvalue weighted by Gasteiger charge is -2.25. The van der Waals surface area contributed by atoms with Crippen LogP contribution in [0, 0.1) is 0 Å². The van der Waals surface area contributed by atoms with Gasteiger partial charge in [-0.3, -0.25) is 5.01 Å². The van der Waals surface area contributed by atoms with E-state index in [1.807, 2.05) is 30.4 Å². The number of rotatable bonds is 1. The summed E-state index contributed by atoms with van der Waals surface area (Å²) in [5.41, 5.74) is 0. The molecule has 12 heavy (non-hydrogen) atoms. The average Bonchev–Trinajstić information content (AvgIpc) is 2.64. The minimum atomic E-state index is 0.440. The Morgan fingerprint density at radius 1 is 1.50 bits per heavy atom. The number of nitrogens with zero attached hydrogens (tertiary/aromatic N) is 2. The molecule has 0 fully saturated rings. The molecule has 3 heteroatoms. The van der Waals surface area contributed by atoms with Crippen LogP contribution in [0.5, 0.6) is 0 Å². The van der Waals surface area contributed by atoms with E-state index in [2.05, 4.69) is 18.0 Å². The molecule has 1 aromatic rings. The Balaban J connectivity index is 2.22. The molecular weight excluding hydrogens is 152 g/mol. The molecule has 0 aromatic carbocycles. The molecule has 1 aromatic heterocycles. The van der Waals surface area contributed by atoms with Gasteiger partial charge < -0.3 is 4.42 Å². The fraction of sp³-hybridized carbons (Fsp3) is 0.333. The summed E-state index contributed by atoms with van der Waals surface area (Å²) in [5, 5.41) is 4.10. The van der Waals surface area contributed by atoms with Crippen LogP contribution in [0.1, 0.15) is 6.92 Å². The third kappa shape index (κ3) is 1.02. The van der Waals surface area contributed by atoms with E-state index in [1.54, 1.807) is 6.26 Å². The van der Waals surface area contributed by atoms with Crippen molar-refractivity contribution in [2.75, 3.05) is 12.1 Å². The van der Waals surface area contributed by atoms with E-state index in [1.165, 1.54) is 0 Å². The molecule has 1 unspecified atom stereocenters. The van der Waals surface area contributed by atoms with Gasteiger partial charge in [0.05, 0.1) is 6.26 Å². The van der Waals surface area contributed by atoms with Gasteiger partial charge in [-0.2, -0.15) is 0 Å². The second-order valence-corrected chi connectivity index (χ2v) is 2.95. The number of hydrogen-bond acceptors (Lipinski definition) is 3. The van der Waals surface area contributed by atoms with Crippen LogP contribution in [0.4, 0.5) is 5.88 Å². The quantitative estimate of drug-likeness (QED) is 0.631. The first-order valence-corrected chi connectivity index (χ1v) is 4.03. The summed E-state index contributed by atoms with van der Waals surface area (Å²) < 4.78 is 5.27. The summed E-state index contributed by atoms with van der Waals surface area (Å²) in [7, 11) is 2.03. The average molecular weight is 164 g/mol. The summed E-state index contributed by atoms with van der Waals surface area (Å²) in [5.74, 6) is 0.859. The van der Waals surface area contributed by atoms with Crippen molar-refractivity contribution in [3.8, 4) is 0 Å². The topological polar surface area (TPSA) is 19.6 Å². The molecule has 0 saturated heterocycles. The highest BCUT2D eigenvalue weighted by Gasteiger charge is 2.21. The van der Waals surface area contributed by atoms with Gasteiger partial charge in [-0.05, 0) is 19.1 Å². The maximum absolute atomic E-state index is 5.27. The van der Waals surface area contributed by atoms with Crippen LogP contribution in [0.25, 0.3) is 0 Å². The van der Waals surface area contributed by atoms with Crippen molar-refractivity contribution in [3.05, 3.63) is 30.7 Å². The van der Waals surface area contributed by atoms with Gasteiger partial charge in [0.1, 0.15) is 0 Å². The van der Waals surface area contributed by atoms with Crippen LogP contribution in [0.15, 0.2) is 35.1 Å². The molecule has 2 rings (SSSR count). The van der Waals surface area contributed by atoms with E-state index in [4.69, 9.17) is 4.42 Å². The van der Waals surface area contributed by atoms with Crippen molar-refractivity contribution in [1.82, 2.24) is 5.01 Å². The zero-order chi connectivity index (χ0) is 8.55. The van der Waals surface area contributed by atoms with Crippen LogP contribution in [-0.4, -0.2) is 18.1 Å². The fourth-order valence-electron chi connectivity index (χ4n) is 1.26. The summed E-state index contributed by atoms with van der Waals surface area (Å²) in [6.07, 6.45) is 5.83. The molecule has 0 bridgehead atoms. The monoisotopic (exact) mass is 164 g/mol. The van der Waals surface area contributed by atoms with Gasteiger partial charge in [0.2, 0.25) is 5.88 Å². The van der Waals surface area contributed by atoms with Gasteiger partial charge >= 0.3 is 0 Å². The molecular formula is C9H12N2O. The smallest absolute Gasteiger partial charge is 0.213 e. The molecule has 0 amide bonds. The highest BCUT2D eigenvalue weighted by atomic mass is 16.4. The van der Waals surface area contributed by atoms with Crippen molar-refractivity contribution in [1.29, 1.82) is 0 Å². The SMILES string of the molecule is CC1C=CN(c2ccco2)N1C. The van der Waals surface area contributed by atoms with Crippen LogP contribution in [0.3, 0.4) is 0 Å². The number of anilines is 1. The highest BCUT2D eigenvalue weighted by Crippen LogP contribution is 2.22. The third-order valence-electron chi connectivity index (χ3n) is 2.17. The minimum absolute atomic E-state index is 0.440. The van der Waals surface area contributed by atoms with Gasteiger partial charge in [-0.1, -0.05) is 0 Å². The van der Waals surface area contributed by atoms with Crippen molar-refractivity contribution in [2.45, 2.75) is 13.0 Å². The molecule has 1 atom stereocenters. The lowest BCUT2D eigenvalue weighted by molar-refractivity contribution is 0.304. The Labute approximate surface area is 71.8 Å². The third-order valence-corrected chi connectivity index (χ3v) is 2.17. The van der Waals surface area contributed by atoms with E-state index in [0.29, 0.717) is 6.04 Å². The van der Waals surface area contributed by atoms with E-state index in [9.17, 15) is 0 Å². The number of hydrazine groups is 1. The van der Waals surface area contributed by atoms with Crippen molar-refractivity contribution in [2.24, 2.45) is 0 Å². The lowest BCUT2D eigenvalue weighted by Crippen LogP contribution is -2.35. The van der Waals surface area contributed by atoms with Crippen molar-refractivity contribution < 1.29 is 4.42 Å². The summed E-state index contributed by atoms with van der Waals surface area (Å²) >= 11 is 0. The van der Waals surface area contributed by atoms with Gasteiger partial charge in [0.15, 0.2) is 0 Å². The van der Waals surface area contributed by atoms with Crippen LogP contribution in [0.2, 0.25) is 0 Å². The van der Waals surface area contributed by atoms with E-state index in [-0.39, 0.29) is 0 Å². The number of furan rings is 1. The molecule has 2 heterocycles. The second kappa shape index (κ2) is 2.68. The molecule has 0 aliphatic carbocycles. The first kappa shape index (κ1) is 7.43. The largest absolute Gasteiger partial charge is 0.447 e. The predicted octanol–water partition coefficient (Wildman–Crippen LogP) is 1.85. The molecule has 0 N–H and O–H groups in total. The summed E-state index contributed by atoms with van der Waals surface area (Å²) in [6, 6.07) is 4.27. The zero-order valence-corrected chi connectivity index (χ0v) is 7.27. The Hall–Kier alpha value is -1.22. The molecule has 0 spiro atoms. The number of hydrogen-bond donors (Lipinski definition) is 0. The van der Waals surface area contributed by atoms with Crippen molar-refractivity contribution >= 4 is 5.88 Å². The highest BCUT2D eigenvalue weighted by molar-refractivity contribution is 5.39. The van der Waals surface area contributed by atoms with Crippen LogP contribution >= 0.6 is 0 Å². The maximum Gasteiger partial charge on any atom is 0.213 e. The summed E-state index contributed by atoms with van der Waals surface area (Å²) in [4.78, 5) is 0. The Kier molecular flexibility index (Phi) is 1.66. The molecule has 0 saturated carbocycles. The Morgan fingerprint density at radius 2 is 2.33 bits per heavy atom. The zero-order valence-electron chi connectivity index (χ0n) is 7.27. The fourth-order valence-corrected chi connectivity index (χ4v) is 1.26. The standard InChI is InChI=1S/C9H12N2O/c1-8-5-6-11(10(8)2)9-4-3-7-12-9/h3-8H,1-2H3. The Bertz CT molecular complexity index is 279. The van der Waals surface area contributed by atoms with Gasteiger partial charge in [0, 0.05) is 25.4 Å². The molecule has 1 aliphatic rings. The van der Waals surface area contributed by atoms with Gasteiger partial charge in [-0.25, -0.2) is 5.01 Å². The van der Waals surface area contributed by atoms with E-state index < -0.39 is 0 Å². The first-order chi connectivity index (χ1) is 5.79. The summed E-state index contributed by atoms with van der Waals surface area (Å²) in [6.45, 7) is 2.14. The lowest BCUT2D eigenvalue weighted by atomic mass is 10.3. The van der Waals surface area contributed by atoms with Gasteiger partial charge in [0.25, 0.3) is 0 Å². The maximum atomic E-state index is 5.27. The van der Waals surface area contributed by atoms with Crippen LogP contribution < -0.4 is 5.01 Å². The Morgan fingerprint density at radius 3 is 2.83 bits per heavy atom. The van der Waals surface area contributed by atoms with Crippen LogP contribution in [-0.2, 0) is 0 Å². The predicted molar refractivity (Wildman–Crippen MR) is 47.6 cm³/mol. The minimum Gasteiger partial charge on any atom is -0.447 e. The molecule has 0 radical (unpaired) electrons. The van der Waals surface area contributed by atoms with E-state index >= 15 is 0 Å². The van der Waals surface area contributed by atoms with Gasteiger partial charge in [-0.15, -0.1) is 0 Å². The van der Waals surface area contributed by atoms with Crippen molar-refractivity contribution in [3.63, 3.8) is 0 Å². The molecule has 1 aliphatic heterocycles. The molecule has 3 nitrogen and oxygen atoms in total. The number of likely N-dealkylation sites (N-methyl/N-ethyl adjacent to an activating group) is 1. The molecule has 64 valence electrons. The first-order valence-electron chi connectivity index (χ1n) is 4.03. The normalized spacial score (nSPS) is 23.8. The second-order valence-electron chi connectivity index (χ2n) is 2.95. The van der Waals surface area contributed by atoms with E-state index in [0.717, 1.165) is 5.88 Å².